The molecule has 3 amide bonds. The lowest BCUT2D eigenvalue weighted by molar-refractivity contribution is -0.133. The number of methoxy groups -OCH3 is 1. The van der Waals surface area contributed by atoms with E-state index in [1.54, 1.807) is 47.6 Å². The van der Waals surface area contributed by atoms with Crippen LogP contribution in [0.15, 0.2) is 66.7 Å². The monoisotopic (exact) mass is 465 g/mol. The van der Waals surface area contributed by atoms with Crippen molar-refractivity contribution in [3.63, 3.8) is 0 Å². The number of aryl methyl sites for hydroxylation is 1. The molecular formula is C26H31N3O3S. The fourth-order valence-electron chi connectivity index (χ4n) is 3.40. The van der Waals surface area contributed by atoms with Crippen molar-refractivity contribution in [3.05, 3.63) is 82.0 Å². The Hall–Kier alpha value is -3.32. The molecule has 0 unspecified atom stereocenters. The number of nitrogens with zero attached hydrogens (tertiary/aromatic N) is 2. The summed E-state index contributed by atoms with van der Waals surface area (Å²) >= 11 is 1.68. The van der Waals surface area contributed by atoms with Gasteiger partial charge in [0.2, 0.25) is 5.91 Å². The van der Waals surface area contributed by atoms with Crippen LogP contribution in [0.2, 0.25) is 0 Å². The molecule has 33 heavy (non-hydrogen) atoms. The van der Waals surface area contributed by atoms with E-state index in [1.807, 2.05) is 49.1 Å². The van der Waals surface area contributed by atoms with Gasteiger partial charge in [0.15, 0.2) is 0 Å². The second kappa shape index (κ2) is 11.5. The smallest absolute Gasteiger partial charge is 0.322 e. The van der Waals surface area contributed by atoms with Crippen molar-refractivity contribution in [2.45, 2.75) is 39.9 Å². The van der Waals surface area contributed by atoms with Crippen molar-refractivity contribution in [1.82, 2.24) is 9.80 Å². The zero-order valence-electron chi connectivity index (χ0n) is 19.6. The van der Waals surface area contributed by atoms with E-state index in [4.69, 9.17) is 4.74 Å². The maximum Gasteiger partial charge on any atom is 0.322 e. The summed E-state index contributed by atoms with van der Waals surface area (Å²) in [6.07, 6.45) is 0. The number of hydrogen-bond donors (Lipinski definition) is 1. The first kappa shape index (κ1) is 24.3. The molecule has 3 rings (SSSR count). The van der Waals surface area contributed by atoms with Gasteiger partial charge in [-0.15, -0.1) is 11.3 Å². The predicted molar refractivity (Wildman–Crippen MR) is 134 cm³/mol. The molecule has 1 heterocycles. The van der Waals surface area contributed by atoms with Gasteiger partial charge in [0, 0.05) is 28.0 Å². The molecule has 1 aromatic heterocycles. The average molecular weight is 466 g/mol. The fourth-order valence-corrected chi connectivity index (χ4v) is 4.30. The summed E-state index contributed by atoms with van der Waals surface area (Å²) in [6.45, 7) is 6.87. The van der Waals surface area contributed by atoms with Crippen molar-refractivity contribution in [2.75, 3.05) is 19.0 Å². The molecule has 0 atom stereocenters. The molecule has 0 aliphatic heterocycles. The van der Waals surface area contributed by atoms with E-state index < -0.39 is 0 Å². The van der Waals surface area contributed by atoms with Crippen molar-refractivity contribution >= 4 is 29.0 Å². The van der Waals surface area contributed by atoms with Crippen LogP contribution in [0.4, 0.5) is 10.5 Å². The number of amides is 3. The van der Waals surface area contributed by atoms with E-state index in [2.05, 4.69) is 24.4 Å². The normalized spacial score (nSPS) is 10.7. The van der Waals surface area contributed by atoms with Crippen LogP contribution in [0.25, 0.3) is 0 Å². The molecule has 2 aromatic carbocycles. The standard InChI is InChI=1S/C26H31N3O3S/c1-19(2)29(26(31)27-22-11-13-23(32-4)14-12-22)18-25(30)28(16-21-8-6-5-7-9-21)17-24-15-10-20(3)33-24/h5-15,19H,16-18H2,1-4H3,(H,27,31). The number of benzene rings is 2. The molecule has 0 saturated heterocycles. The summed E-state index contributed by atoms with van der Waals surface area (Å²) in [4.78, 5) is 32.1. The molecule has 174 valence electrons. The quantitative estimate of drug-likeness (QED) is 0.452. The number of thiophene rings is 1. The first-order valence-corrected chi connectivity index (χ1v) is 11.8. The second-order valence-corrected chi connectivity index (χ2v) is 9.50. The minimum Gasteiger partial charge on any atom is -0.497 e. The molecule has 6 nitrogen and oxygen atoms in total. The van der Waals surface area contributed by atoms with Gasteiger partial charge in [-0.1, -0.05) is 30.3 Å². The van der Waals surface area contributed by atoms with Crippen LogP contribution in [0.1, 0.15) is 29.2 Å². The molecule has 3 aromatic rings. The summed E-state index contributed by atoms with van der Waals surface area (Å²) in [5.41, 5.74) is 1.70. The van der Waals surface area contributed by atoms with Crippen molar-refractivity contribution in [1.29, 1.82) is 0 Å². The van der Waals surface area contributed by atoms with E-state index in [9.17, 15) is 9.59 Å². The molecule has 7 heteroatoms. The van der Waals surface area contributed by atoms with Gasteiger partial charge < -0.3 is 19.9 Å². The SMILES string of the molecule is COc1ccc(NC(=O)N(CC(=O)N(Cc2ccccc2)Cc2ccc(C)s2)C(C)C)cc1. The van der Waals surface area contributed by atoms with Gasteiger partial charge in [0.25, 0.3) is 0 Å². The van der Waals surface area contributed by atoms with Crippen LogP contribution in [0.3, 0.4) is 0 Å². The highest BCUT2D eigenvalue weighted by Crippen LogP contribution is 2.20. The minimum atomic E-state index is -0.310. The maximum absolute atomic E-state index is 13.4. The van der Waals surface area contributed by atoms with E-state index in [1.165, 1.54) is 4.88 Å². The Bertz CT molecular complexity index is 1050. The van der Waals surface area contributed by atoms with Gasteiger partial charge in [-0.05, 0) is 62.7 Å². The average Bonchev–Trinajstić information content (AvgIpc) is 3.22. The molecule has 0 aliphatic carbocycles. The Morgan fingerprint density at radius 1 is 0.970 bits per heavy atom. The van der Waals surface area contributed by atoms with E-state index >= 15 is 0 Å². The third-order valence-electron chi connectivity index (χ3n) is 5.24. The van der Waals surface area contributed by atoms with Crippen molar-refractivity contribution in [3.8, 4) is 5.75 Å². The number of carbonyl (C=O) groups excluding carboxylic acids is 2. The van der Waals surface area contributed by atoms with Gasteiger partial charge in [0.1, 0.15) is 12.3 Å². The number of ether oxygens (including phenoxy) is 1. The number of rotatable bonds is 9. The van der Waals surface area contributed by atoms with Gasteiger partial charge in [0.05, 0.1) is 13.7 Å². The Labute approximate surface area is 199 Å². The summed E-state index contributed by atoms with van der Waals surface area (Å²) in [5.74, 6) is 0.618. The Balaban J connectivity index is 1.73. The first-order chi connectivity index (χ1) is 15.9. The molecule has 0 fully saturated rings. The Morgan fingerprint density at radius 2 is 1.67 bits per heavy atom. The lowest BCUT2D eigenvalue weighted by Gasteiger charge is -2.30. The highest BCUT2D eigenvalue weighted by Gasteiger charge is 2.24. The minimum absolute atomic E-state index is 0.00313. The van der Waals surface area contributed by atoms with Crippen LogP contribution in [-0.2, 0) is 17.9 Å². The highest BCUT2D eigenvalue weighted by atomic mass is 32.1. The van der Waals surface area contributed by atoms with Gasteiger partial charge in [-0.2, -0.15) is 0 Å². The zero-order chi connectivity index (χ0) is 23.8. The number of nitrogens with one attached hydrogen (secondary N) is 1. The van der Waals surface area contributed by atoms with Crippen LogP contribution in [0.5, 0.6) is 5.75 Å². The van der Waals surface area contributed by atoms with Crippen molar-refractivity contribution in [2.24, 2.45) is 0 Å². The van der Waals surface area contributed by atoms with Gasteiger partial charge >= 0.3 is 6.03 Å². The molecule has 0 aliphatic rings. The lowest BCUT2D eigenvalue weighted by Crippen LogP contribution is -2.47. The number of anilines is 1. The highest BCUT2D eigenvalue weighted by molar-refractivity contribution is 7.11. The van der Waals surface area contributed by atoms with Crippen molar-refractivity contribution < 1.29 is 14.3 Å². The summed E-state index contributed by atoms with van der Waals surface area (Å²) in [7, 11) is 1.60. The summed E-state index contributed by atoms with van der Waals surface area (Å²) in [5, 5.41) is 2.88. The zero-order valence-corrected chi connectivity index (χ0v) is 20.4. The Kier molecular flexibility index (Phi) is 8.49. The van der Waals surface area contributed by atoms with Crippen LogP contribution < -0.4 is 10.1 Å². The third-order valence-corrected chi connectivity index (χ3v) is 6.23. The number of urea groups is 1. The van der Waals surface area contributed by atoms with Crippen LogP contribution in [0, 0.1) is 6.92 Å². The third kappa shape index (κ3) is 7.08. The van der Waals surface area contributed by atoms with E-state index in [0.717, 1.165) is 10.4 Å². The summed E-state index contributed by atoms with van der Waals surface area (Å²) in [6, 6.07) is 20.7. The number of carbonyl (C=O) groups is 2. The van der Waals surface area contributed by atoms with Crippen LogP contribution in [-0.4, -0.2) is 41.4 Å². The molecular weight excluding hydrogens is 434 g/mol. The largest absolute Gasteiger partial charge is 0.497 e. The molecule has 0 spiro atoms. The molecule has 0 saturated carbocycles. The molecule has 1 N–H and O–H groups in total. The van der Waals surface area contributed by atoms with Gasteiger partial charge in [-0.3, -0.25) is 4.79 Å². The van der Waals surface area contributed by atoms with E-state index in [0.29, 0.717) is 24.5 Å². The topological polar surface area (TPSA) is 61.9 Å². The summed E-state index contributed by atoms with van der Waals surface area (Å²) < 4.78 is 5.17. The Morgan fingerprint density at radius 3 is 2.24 bits per heavy atom. The second-order valence-electron chi connectivity index (χ2n) is 8.13. The van der Waals surface area contributed by atoms with E-state index in [-0.39, 0.29) is 24.5 Å². The fraction of sp³-hybridized carbons (Fsp3) is 0.308. The first-order valence-electron chi connectivity index (χ1n) is 10.9. The van der Waals surface area contributed by atoms with Gasteiger partial charge in [-0.25, -0.2) is 4.79 Å². The number of hydrogen-bond acceptors (Lipinski definition) is 4. The predicted octanol–water partition coefficient (Wildman–Crippen LogP) is 5.54. The maximum atomic E-state index is 13.4. The molecule has 0 bridgehead atoms. The lowest BCUT2D eigenvalue weighted by atomic mass is 10.2. The molecule has 0 radical (unpaired) electrons. The van der Waals surface area contributed by atoms with Crippen LogP contribution >= 0.6 is 11.3 Å².